The number of methoxy groups -OCH3 is 3. The normalized spacial score (nSPS) is 31.3. The molecule has 0 spiro atoms. The Bertz CT molecular complexity index is 1610. The van der Waals surface area contributed by atoms with Crippen LogP contribution in [0.3, 0.4) is 0 Å². The number of benzene rings is 2. The molecule has 5 rings (SSSR count). The van der Waals surface area contributed by atoms with Crippen LogP contribution in [0.25, 0.3) is 11.1 Å². The second-order valence-electron chi connectivity index (χ2n) is 13.2. The van der Waals surface area contributed by atoms with Crippen molar-refractivity contribution in [1.29, 1.82) is 0 Å². The predicted molar refractivity (Wildman–Crippen MR) is 158 cm³/mol. The van der Waals surface area contributed by atoms with Crippen molar-refractivity contribution in [3.8, 4) is 34.1 Å². The quantitative estimate of drug-likeness (QED) is 0.465. The number of fused-ring (bicyclic) bond motifs is 3. The van der Waals surface area contributed by atoms with E-state index in [0.29, 0.717) is 33.9 Å². The van der Waals surface area contributed by atoms with Crippen molar-refractivity contribution in [1.82, 2.24) is 0 Å². The summed E-state index contributed by atoms with van der Waals surface area (Å²) >= 11 is 0. The van der Waals surface area contributed by atoms with Gasteiger partial charge in [0.15, 0.2) is 40.2 Å². The molecule has 234 valence electrons. The molecular formula is C34H38O10. The van der Waals surface area contributed by atoms with Gasteiger partial charge in [-0.25, -0.2) is 0 Å². The SMILES string of the molecule is COc1cc(-c2ccc(O)c3c2C[C@]2(C)C[C@]4(C)C(C(C)C)C(=O)C(C(C)=O)C(=O)[C@]4(O)C(=O)C2C3=O)cc(OC)c1OC. The lowest BCUT2D eigenvalue weighted by molar-refractivity contribution is -0.205. The standard InChI is InChI=1S/C34H38O10/c1-15(2)25-27(37)23(16(3)35)30(39)34(41)31(40)26-28(38)24-19(13-32(26,4)14-33(25,34)5)18(9-10-20(24)36)17-11-21(42-6)29(44-8)22(12-17)43-7/h9-12,15,23,25-26,36,41H,13-14H2,1-8H3/t23?,25?,26?,32-,33-,34+/m1/s1. The van der Waals surface area contributed by atoms with E-state index >= 15 is 0 Å². The lowest BCUT2D eigenvalue weighted by atomic mass is 9.40. The van der Waals surface area contributed by atoms with E-state index in [-0.39, 0.29) is 24.2 Å². The van der Waals surface area contributed by atoms with E-state index in [4.69, 9.17) is 14.2 Å². The molecule has 6 atom stereocenters. The molecule has 10 nitrogen and oxygen atoms in total. The fourth-order valence-corrected chi connectivity index (χ4v) is 8.64. The largest absolute Gasteiger partial charge is 0.507 e. The molecule has 2 aromatic rings. The Balaban J connectivity index is 1.75. The zero-order valence-corrected chi connectivity index (χ0v) is 26.2. The Labute approximate surface area is 255 Å². The number of hydrogen-bond acceptors (Lipinski definition) is 10. The Morgan fingerprint density at radius 2 is 1.55 bits per heavy atom. The molecule has 3 unspecified atom stereocenters. The van der Waals surface area contributed by atoms with E-state index < -0.39 is 69.0 Å². The maximum absolute atomic E-state index is 14.5. The highest BCUT2D eigenvalue weighted by atomic mass is 16.5. The summed E-state index contributed by atoms with van der Waals surface area (Å²) in [7, 11) is 4.44. The molecule has 0 heterocycles. The molecule has 0 saturated heterocycles. The van der Waals surface area contributed by atoms with Crippen molar-refractivity contribution in [2.75, 3.05) is 21.3 Å². The summed E-state index contributed by atoms with van der Waals surface area (Å²) in [4.78, 5) is 68.9. The number of ketones is 5. The number of ether oxygens (including phenoxy) is 3. The summed E-state index contributed by atoms with van der Waals surface area (Å²) in [5.74, 6) is -8.24. The van der Waals surface area contributed by atoms with Crippen LogP contribution in [0.2, 0.25) is 0 Å². The highest BCUT2D eigenvalue weighted by molar-refractivity contribution is 6.32. The fraction of sp³-hybridized carbons (Fsp3) is 0.500. The van der Waals surface area contributed by atoms with Crippen molar-refractivity contribution in [3.05, 3.63) is 35.4 Å². The van der Waals surface area contributed by atoms with Gasteiger partial charge in [0, 0.05) is 11.3 Å². The summed E-state index contributed by atoms with van der Waals surface area (Å²) in [6.45, 7) is 7.88. The average molecular weight is 607 g/mol. The number of carbonyl (C=O) groups is 5. The minimum absolute atomic E-state index is 0.0343. The molecule has 3 aliphatic carbocycles. The lowest BCUT2D eigenvalue weighted by Crippen LogP contribution is -2.76. The zero-order chi connectivity index (χ0) is 32.7. The lowest BCUT2D eigenvalue weighted by Gasteiger charge is -2.61. The molecule has 2 saturated carbocycles. The monoisotopic (exact) mass is 606 g/mol. The Morgan fingerprint density at radius 3 is 2.05 bits per heavy atom. The van der Waals surface area contributed by atoms with Crippen molar-refractivity contribution in [3.63, 3.8) is 0 Å². The highest BCUT2D eigenvalue weighted by Crippen LogP contribution is 2.64. The number of phenolic OH excluding ortho intramolecular Hbond substituents is 1. The van der Waals surface area contributed by atoms with E-state index in [1.54, 1.807) is 45.9 Å². The first kappa shape index (κ1) is 31.4. The van der Waals surface area contributed by atoms with Crippen molar-refractivity contribution < 1.29 is 48.4 Å². The average Bonchev–Trinajstić information content (AvgIpc) is 2.93. The van der Waals surface area contributed by atoms with E-state index in [2.05, 4.69) is 0 Å². The van der Waals surface area contributed by atoms with Crippen molar-refractivity contribution in [2.45, 2.75) is 53.1 Å². The van der Waals surface area contributed by atoms with Crippen LogP contribution in [0.5, 0.6) is 23.0 Å². The molecule has 0 amide bonds. The smallest absolute Gasteiger partial charge is 0.203 e. The van der Waals surface area contributed by atoms with Gasteiger partial charge in [-0.1, -0.05) is 33.8 Å². The highest BCUT2D eigenvalue weighted by Gasteiger charge is 2.76. The van der Waals surface area contributed by atoms with Gasteiger partial charge < -0.3 is 24.4 Å². The number of hydrogen-bond donors (Lipinski definition) is 2. The first-order chi connectivity index (χ1) is 20.5. The number of Topliss-reactive ketones (excluding diaryl/α,β-unsaturated/α-hetero) is 5. The maximum atomic E-state index is 14.5. The van der Waals surface area contributed by atoms with Crippen LogP contribution in [-0.4, -0.2) is 66.1 Å². The van der Waals surface area contributed by atoms with Gasteiger partial charge in [0.25, 0.3) is 0 Å². The summed E-state index contributed by atoms with van der Waals surface area (Å²) < 4.78 is 16.5. The first-order valence-corrected chi connectivity index (χ1v) is 14.6. The second kappa shape index (κ2) is 10.3. The number of aromatic hydroxyl groups is 1. The topological polar surface area (TPSA) is 153 Å². The van der Waals surface area contributed by atoms with E-state index in [1.807, 2.05) is 0 Å². The Morgan fingerprint density at radius 1 is 0.955 bits per heavy atom. The summed E-state index contributed by atoms with van der Waals surface area (Å²) in [5.41, 5.74) is -3.91. The van der Waals surface area contributed by atoms with E-state index in [0.717, 1.165) is 6.92 Å². The minimum Gasteiger partial charge on any atom is -0.507 e. The van der Waals surface area contributed by atoms with E-state index in [9.17, 15) is 34.2 Å². The first-order valence-electron chi connectivity index (χ1n) is 14.6. The van der Waals surface area contributed by atoms with Crippen LogP contribution >= 0.6 is 0 Å². The summed E-state index contributed by atoms with van der Waals surface area (Å²) in [5, 5.41) is 23.2. The summed E-state index contributed by atoms with van der Waals surface area (Å²) in [6.07, 6.45) is 0.0767. The molecule has 44 heavy (non-hydrogen) atoms. The molecule has 10 heteroatoms. The van der Waals surface area contributed by atoms with Gasteiger partial charge in [0.2, 0.25) is 5.75 Å². The minimum atomic E-state index is -2.74. The van der Waals surface area contributed by atoms with Gasteiger partial charge in [0.1, 0.15) is 17.5 Å². The third kappa shape index (κ3) is 3.92. The van der Waals surface area contributed by atoms with Crippen molar-refractivity contribution in [2.24, 2.45) is 34.5 Å². The van der Waals surface area contributed by atoms with Crippen LogP contribution in [-0.2, 0) is 25.6 Å². The van der Waals surface area contributed by atoms with Gasteiger partial charge in [-0.3, -0.25) is 24.0 Å². The maximum Gasteiger partial charge on any atom is 0.203 e. The van der Waals surface area contributed by atoms with Gasteiger partial charge in [-0.05, 0) is 66.0 Å². The van der Waals surface area contributed by atoms with Crippen LogP contribution in [0.15, 0.2) is 24.3 Å². The van der Waals surface area contributed by atoms with Gasteiger partial charge >= 0.3 is 0 Å². The summed E-state index contributed by atoms with van der Waals surface area (Å²) in [6, 6.07) is 6.45. The molecule has 0 aliphatic heterocycles. The van der Waals surface area contributed by atoms with Crippen LogP contribution in [0.4, 0.5) is 0 Å². The number of aliphatic hydroxyl groups is 1. The molecular weight excluding hydrogens is 568 g/mol. The van der Waals surface area contributed by atoms with E-state index in [1.165, 1.54) is 27.4 Å². The number of carbonyl (C=O) groups excluding carboxylic acids is 5. The molecule has 2 N–H and O–H groups in total. The van der Waals surface area contributed by atoms with Gasteiger partial charge in [-0.15, -0.1) is 0 Å². The molecule has 0 aromatic heterocycles. The molecule has 0 radical (unpaired) electrons. The zero-order valence-electron chi connectivity index (χ0n) is 26.2. The van der Waals surface area contributed by atoms with Gasteiger partial charge in [0.05, 0.1) is 32.8 Å². The van der Waals surface area contributed by atoms with Crippen molar-refractivity contribution >= 4 is 28.9 Å². The van der Waals surface area contributed by atoms with Gasteiger partial charge in [-0.2, -0.15) is 0 Å². The molecule has 2 fully saturated rings. The molecule has 3 aliphatic rings. The number of phenols is 1. The van der Waals surface area contributed by atoms with Crippen LogP contribution < -0.4 is 14.2 Å². The Kier molecular flexibility index (Phi) is 7.32. The predicted octanol–water partition coefficient (Wildman–Crippen LogP) is 3.79. The number of rotatable bonds is 6. The molecule has 0 bridgehead atoms. The fourth-order valence-electron chi connectivity index (χ4n) is 8.64. The van der Waals surface area contributed by atoms with Crippen LogP contribution in [0, 0.1) is 34.5 Å². The second-order valence-corrected chi connectivity index (χ2v) is 13.2. The third-order valence-corrected chi connectivity index (χ3v) is 10.2. The Hall–Kier alpha value is -4.05. The third-order valence-electron chi connectivity index (χ3n) is 10.2. The van der Waals surface area contributed by atoms with Crippen LogP contribution in [0.1, 0.15) is 57.0 Å². The molecule has 2 aromatic carbocycles.